The summed E-state index contributed by atoms with van der Waals surface area (Å²) in [6.45, 7) is 3.22. The molecule has 16 heavy (non-hydrogen) atoms. The summed E-state index contributed by atoms with van der Waals surface area (Å²) >= 11 is 0. The van der Waals surface area contributed by atoms with E-state index >= 15 is 0 Å². The number of aromatic nitrogens is 1. The number of rotatable bonds is 6. The lowest BCUT2D eigenvalue weighted by atomic mass is 10.2. The van der Waals surface area contributed by atoms with E-state index in [0.717, 1.165) is 25.7 Å². The van der Waals surface area contributed by atoms with Crippen molar-refractivity contribution in [2.45, 2.75) is 38.3 Å². The van der Waals surface area contributed by atoms with Gasteiger partial charge in [-0.25, -0.2) is 0 Å². The van der Waals surface area contributed by atoms with Crippen LogP contribution in [0, 0.1) is 0 Å². The second kappa shape index (κ2) is 6.06. The van der Waals surface area contributed by atoms with Gasteiger partial charge in [0.1, 0.15) is 0 Å². The van der Waals surface area contributed by atoms with Gasteiger partial charge in [-0.3, -0.25) is 0 Å². The highest BCUT2D eigenvalue weighted by Crippen LogP contribution is 2.21. The average Bonchev–Trinajstić information content (AvgIpc) is 2.96. The quantitative estimate of drug-likeness (QED) is 0.720. The summed E-state index contributed by atoms with van der Waals surface area (Å²) < 4.78 is 0. The van der Waals surface area contributed by atoms with Crippen LogP contribution in [0.15, 0.2) is 18.5 Å². The van der Waals surface area contributed by atoms with Gasteiger partial charge in [0.05, 0.1) is 0 Å². The zero-order valence-electron chi connectivity index (χ0n) is 10.2. The average molecular weight is 221 g/mol. The van der Waals surface area contributed by atoms with Crippen molar-refractivity contribution in [3.63, 3.8) is 0 Å². The highest BCUT2D eigenvalue weighted by atomic mass is 15.1. The molecule has 1 aromatic heterocycles. The lowest BCUT2D eigenvalue weighted by Gasteiger charge is -2.23. The van der Waals surface area contributed by atoms with Crippen LogP contribution in [0.2, 0.25) is 0 Å². The summed E-state index contributed by atoms with van der Waals surface area (Å²) in [6, 6.07) is 2.96. The van der Waals surface area contributed by atoms with E-state index in [9.17, 15) is 0 Å². The van der Waals surface area contributed by atoms with Crippen molar-refractivity contribution in [1.29, 1.82) is 0 Å². The van der Waals surface area contributed by atoms with Gasteiger partial charge >= 0.3 is 0 Å². The molecule has 0 bridgehead atoms. The summed E-state index contributed by atoms with van der Waals surface area (Å²) in [7, 11) is 2.26. The first-order chi connectivity index (χ1) is 7.86. The van der Waals surface area contributed by atoms with Crippen molar-refractivity contribution in [2.24, 2.45) is 0 Å². The maximum absolute atomic E-state index is 3.48. The molecule has 0 radical (unpaired) electrons. The van der Waals surface area contributed by atoms with Crippen LogP contribution in [0.25, 0.3) is 0 Å². The standard InChI is InChI=1S/C13H23N3/c1-16(13-4-2-3-5-13)9-8-15-11-12-6-7-14-10-12/h6-7,10,13-15H,2-5,8-9,11H2,1H3. The Balaban J connectivity index is 1.57. The van der Waals surface area contributed by atoms with Gasteiger partial charge in [0, 0.05) is 38.1 Å². The summed E-state index contributed by atoms with van der Waals surface area (Å²) in [5, 5.41) is 3.48. The summed E-state index contributed by atoms with van der Waals surface area (Å²) in [6.07, 6.45) is 9.66. The number of hydrogen-bond donors (Lipinski definition) is 2. The van der Waals surface area contributed by atoms with E-state index in [1.165, 1.54) is 31.2 Å². The lowest BCUT2D eigenvalue weighted by Crippen LogP contribution is -2.35. The summed E-state index contributed by atoms with van der Waals surface area (Å²) in [5.41, 5.74) is 1.34. The second-order valence-electron chi connectivity index (χ2n) is 4.81. The Morgan fingerprint density at radius 3 is 2.94 bits per heavy atom. The molecule has 1 saturated carbocycles. The van der Waals surface area contributed by atoms with Gasteiger partial charge < -0.3 is 15.2 Å². The van der Waals surface area contributed by atoms with Crippen LogP contribution in [-0.2, 0) is 6.54 Å². The highest BCUT2D eigenvalue weighted by molar-refractivity contribution is 5.07. The Kier molecular flexibility index (Phi) is 4.43. The third kappa shape index (κ3) is 3.35. The Morgan fingerprint density at radius 1 is 1.44 bits per heavy atom. The molecule has 0 atom stereocenters. The molecule has 0 saturated heterocycles. The third-order valence-corrected chi connectivity index (χ3v) is 3.58. The number of aromatic amines is 1. The van der Waals surface area contributed by atoms with Gasteiger partial charge in [0.15, 0.2) is 0 Å². The van der Waals surface area contributed by atoms with Crippen LogP contribution in [0.4, 0.5) is 0 Å². The minimum Gasteiger partial charge on any atom is -0.367 e. The Morgan fingerprint density at radius 2 is 2.25 bits per heavy atom. The summed E-state index contributed by atoms with van der Waals surface area (Å²) in [5.74, 6) is 0. The molecule has 2 N–H and O–H groups in total. The maximum Gasteiger partial charge on any atom is 0.0220 e. The van der Waals surface area contributed by atoms with Crippen molar-refractivity contribution >= 4 is 0 Å². The van der Waals surface area contributed by atoms with Crippen LogP contribution >= 0.6 is 0 Å². The van der Waals surface area contributed by atoms with Crippen molar-refractivity contribution in [2.75, 3.05) is 20.1 Å². The van der Waals surface area contributed by atoms with E-state index in [-0.39, 0.29) is 0 Å². The third-order valence-electron chi connectivity index (χ3n) is 3.58. The van der Waals surface area contributed by atoms with Crippen molar-refractivity contribution < 1.29 is 0 Å². The van der Waals surface area contributed by atoms with Gasteiger partial charge in [-0.05, 0) is 31.5 Å². The predicted molar refractivity (Wildman–Crippen MR) is 67.4 cm³/mol. The maximum atomic E-state index is 3.48. The van der Waals surface area contributed by atoms with E-state index in [1.54, 1.807) is 0 Å². The topological polar surface area (TPSA) is 31.1 Å². The normalized spacial score (nSPS) is 17.4. The fourth-order valence-corrected chi connectivity index (χ4v) is 2.48. The zero-order chi connectivity index (χ0) is 11.2. The second-order valence-corrected chi connectivity index (χ2v) is 4.81. The van der Waals surface area contributed by atoms with E-state index in [1.807, 2.05) is 12.4 Å². The summed E-state index contributed by atoms with van der Waals surface area (Å²) in [4.78, 5) is 5.58. The number of nitrogens with one attached hydrogen (secondary N) is 2. The van der Waals surface area contributed by atoms with Crippen LogP contribution in [0.1, 0.15) is 31.2 Å². The number of likely N-dealkylation sites (N-methyl/N-ethyl adjacent to an activating group) is 1. The first-order valence-corrected chi connectivity index (χ1v) is 6.39. The molecular weight excluding hydrogens is 198 g/mol. The molecule has 3 nitrogen and oxygen atoms in total. The molecule has 1 fully saturated rings. The smallest absolute Gasteiger partial charge is 0.0220 e. The Hall–Kier alpha value is -0.800. The molecule has 1 heterocycles. The van der Waals surface area contributed by atoms with Crippen molar-refractivity contribution in [3.8, 4) is 0 Å². The number of hydrogen-bond acceptors (Lipinski definition) is 2. The first-order valence-electron chi connectivity index (χ1n) is 6.39. The number of H-pyrrole nitrogens is 1. The minimum absolute atomic E-state index is 0.842. The van der Waals surface area contributed by atoms with Gasteiger partial charge in [-0.1, -0.05) is 12.8 Å². The Bertz CT molecular complexity index is 275. The molecular formula is C13H23N3. The molecule has 3 heteroatoms. The molecule has 0 aliphatic heterocycles. The molecule has 1 aliphatic rings. The molecule has 1 aliphatic carbocycles. The highest BCUT2D eigenvalue weighted by Gasteiger charge is 2.18. The zero-order valence-corrected chi connectivity index (χ0v) is 10.2. The van der Waals surface area contributed by atoms with Crippen LogP contribution < -0.4 is 5.32 Å². The van der Waals surface area contributed by atoms with Gasteiger partial charge in [0.25, 0.3) is 0 Å². The molecule has 90 valence electrons. The van der Waals surface area contributed by atoms with Crippen LogP contribution in [0.5, 0.6) is 0 Å². The largest absolute Gasteiger partial charge is 0.367 e. The van der Waals surface area contributed by atoms with E-state index < -0.39 is 0 Å². The lowest BCUT2D eigenvalue weighted by molar-refractivity contribution is 0.245. The molecule has 0 aromatic carbocycles. The van der Waals surface area contributed by atoms with Crippen molar-refractivity contribution in [1.82, 2.24) is 15.2 Å². The molecule has 0 unspecified atom stereocenters. The fraction of sp³-hybridized carbons (Fsp3) is 0.692. The van der Waals surface area contributed by atoms with Gasteiger partial charge in [-0.2, -0.15) is 0 Å². The monoisotopic (exact) mass is 221 g/mol. The van der Waals surface area contributed by atoms with E-state index in [2.05, 4.69) is 28.3 Å². The van der Waals surface area contributed by atoms with Gasteiger partial charge in [0.2, 0.25) is 0 Å². The van der Waals surface area contributed by atoms with Crippen LogP contribution in [0.3, 0.4) is 0 Å². The SMILES string of the molecule is CN(CCNCc1cc[nH]c1)C1CCCC1. The Labute approximate surface area is 98.2 Å². The van der Waals surface area contributed by atoms with Crippen molar-refractivity contribution in [3.05, 3.63) is 24.0 Å². The van der Waals surface area contributed by atoms with E-state index in [4.69, 9.17) is 0 Å². The van der Waals surface area contributed by atoms with Crippen LogP contribution in [-0.4, -0.2) is 36.1 Å². The fourth-order valence-electron chi connectivity index (χ4n) is 2.48. The molecule has 2 rings (SSSR count). The molecule has 1 aromatic rings. The molecule has 0 amide bonds. The molecule has 0 spiro atoms. The van der Waals surface area contributed by atoms with E-state index in [0.29, 0.717) is 0 Å². The van der Waals surface area contributed by atoms with Gasteiger partial charge in [-0.15, -0.1) is 0 Å². The number of nitrogens with zero attached hydrogens (tertiary/aromatic N) is 1. The predicted octanol–water partition coefficient (Wildman–Crippen LogP) is 1.98. The first kappa shape index (κ1) is 11.7. The minimum atomic E-state index is 0.842.